The number of ketones is 1. The highest BCUT2D eigenvalue weighted by Crippen LogP contribution is 2.80. The van der Waals surface area contributed by atoms with Crippen LogP contribution in [0.2, 0.25) is 0 Å². The van der Waals surface area contributed by atoms with Gasteiger partial charge in [-0.2, -0.15) is 0 Å². The number of hydrogen-bond donors (Lipinski definition) is 1. The number of carbonyl (C=O) groups is 1. The van der Waals surface area contributed by atoms with Crippen LogP contribution in [0, 0.1) is 34.0 Å². The average molecular weight is 314 g/mol. The van der Waals surface area contributed by atoms with Gasteiger partial charge in [-0.15, -0.1) is 0 Å². The van der Waals surface area contributed by atoms with E-state index in [1.54, 1.807) is 0 Å². The van der Waals surface area contributed by atoms with Gasteiger partial charge in [0.05, 0.1) is 5.60 Å². The third-order valence-corrected chi connectivity index (χ3v) is 9.43. The van der Waals surface area contributed by atoms with Crippen LogP contribution in [0.5, 0.6) is 0 Å². The molecule has 5 aliphatic rings. The van der Waals surface area contributed by atoms with Crippen LogP contribution in [0.15, 0.2) is 11.6 Å². The van der Waals surface area contributed by atoms with Crippen molar-refractivity contribution in [3.05, 3.63) is 11.6 Å². The van der Waals surface area contributed by atoms with Crippen LogP contribution in [0.1, 0.15) is 72.1 Å². The maximum atomic E-state index is 12.1. The third kappa shape index (κ3) is 1.49. The summed E-state index contributed by atoms with van der Waals surface area (Å²) in [4.78, 5) is 12.1. The summed E-state index contributed by atoms with van der Waals surface area (Å²) in [5, 5.41) is 11.1. The molecule has 0 aromatic heterocycles. The summed E-state index contributed by atoms with van der Waals surface area (Å²) in [6.45, 7) is 6.91. The normalized spacial score (nSPS) is 56.1. The van der Waals surface area contributed by atoms with E-state index < -0.39 is 5.60 Å². The fourth-order valence-corrected chi connectivity index (χ4v) is 7.80. The highest BCUT2D eigenvalue weighted by Gasteiger charge is 2.74. The van der Waals surface area contributed by atoms with Gasteiger partial charge in [-0.1, -0.05) is 19.4 Å². The Balaban J connectivity index is 1.65. The van der Waals surface area contributed by atoms with Crippen molar-refractivity contribution in [1.82, 2.24) is 0 Å². The van der Waals surface area contributed by atoms with E-state index in [0.717, 1.165) is 31.1 Å². The number of allylic oxidation sites excluding steroid dienone is 2. The minimum atomic E-state index is -0.502. The molecule has 0 aromatic carbocycles. The van der Waals surface area contributed by atoms with Gasteiger partial charge >= 0.3 is 0 Å². The molecule has 1 unspecified atom stereocenters. The van der Waals surface area contributed by atoms with Crippen LogP contribution >= 0.6 is 0 Å². The first kappa shape index (κ1) is 14.7. The zero-order valence-electron chi connectivity index (χ0n) is 14.8. The highest BCUT2D eigenvalue weighted by atomic mass is 16.3. The van der Waals surface area contributed by atoms with Crippen LogP contribution in [-0.2, 0) is 4.79 Å². The second kappa shape index (κ2) is 3.95. The fraction of sp³-hybridized carbons (Fsp3) is 0.857. The summed E-state index contributed by atoms with van der Waals surface area (Å²) in [6, 6.07) is 0. The summed E-state index contributed by atoms with van der Waals surface area (Å²) in [5.41, 5.74) is 1.72. The van der Waals surface area contributed by atoms with Gasteiger partial charge in [-0.25, -0.2) is 0 Å². The zero-order chi connectivity index (χ0) is 16.3. The number of aliphatic hydroxyl groups is 1. The molecule has 2 nitrogen and oxygen atoms in total. The van der Waals surface area contributed by atoms with Gasteiger partial charge in [0.15, 0.2) is 5.78 Å². The molecule has 0 saturated heterocycles. The molecule has 4 fully saturated rings. The lowest BCUT2D eigenvalue weighted by Crippen LogP contribution is -2.50. The Bertz CT molecular complexity index is 626. The SMILES string of the molecule is C[C@]12CCC(=O)C=C1C1(CC1)C1[C@@H]2CC[C@@]2(C)[C@H]1CC[C@]2(C)O. The molecule has 5 rings (SSSR count). The van der Waals surface area contributed by atoms with E-state index in [4.69, 9.17) is 0 Å². The molecule has 2 heteroatoms. The second-order valence-corrected chi connectivity index (χ2v) is 10.1. The molecule has 0 amide bonds. The fourth-order valence-electron chi connectivity index (χ4n) is 7.80. The Morgan fingerprint density at radius 1 is 1.00 bits per heavy atom. The molecule has 0 aromatic rings. The van der Waals surface area contributed by atoms with Crippen LogP contribution < -0.4 is 0 Å². The molecule has 6 atom stereocenters. The molecule has 126 valence electrons. The Morgan fingerprint density at radius 3 is 2.39 bits per heavy atom. The summed E-state index contributed by atoms with van der Waals surface area (Å²) < 4.78 is 0. The predicted molar refractivity (Wildman–Crippen MR) is 89.8 cm³/mol. The quantitative estimate of drug-likeness (QED) is 0.725. The van der Waals surface area contributed by atoms with Crippen LogP contribution in [0.4, 0.5) is 0 Å². The Morgan fingerprint density at radius 2 is 1.70 bits per heavy atom. The van der Waals surface area contributed by atoms with Crippen LogP contribution in [0.3, 0.4) is 0 Å². The Hall–Kier alpha value is -0.630. The first-order chi connectivity index (χ1) is 10.7. The number of hydrogen-bond acceptors (Lipinski definition) is 2. The molecule has 4 saturated carbocycles. The lowest BCUT2D eigenvalue weighted by atomic mass is 9.54. The lowest BCUT2D eigenvalue weighted by molar-refractivity contribution is -0.116. The Kier molecular flexibility index (Phi) is 2.52. The molecular formula is C21H30O2. The van der Waals surface area contributed by atoms with Crippen LogP contribution in [0.25, 0.3) is 0 Å². The van der Waals surface area contributed by atoms with E-state index in [2.05, 4.69) is 26.8 Å². The van der Waals surface area contributed by atoms with Gasteiger partial charge in [0.2, 0.25) is 0 Å². The predicted octanol–water partition coefficient (Wildman–Crippen LogP) is 4.27. The van der Waals surface area contributed by atoms with E-state index >= 15 is 0 Å². The molecule has 0 radical (unpaired) electrons. The van der Waals surface area contributed by atoms with E-state index in [1.807, 2.05) is 0 Å². The van der Waals surface area contributed by atoms with Gasteiger partial charge in [-0.3, -0.25) is 4.79 Å². The van der Waals surface area contributed by atoms with Crippen LogP contribution in [-0.4, -0.2) is 16.5 Å². The van der Waals surface area contributed by atoms with E-state index in [0.29, 0.717) is 17.1 Å². The second-order valence-electron chi connectivity index (χ2n) is 10.1. The zero-order valence-corrected chi connectivity index (χ0v) is 14.8. The van der Waals surface area contributed by atoms with Gasteiger partial charge in [0, 0.05) is 6.42 Å². The Labute approximate surface area is 139 Å². The van der Waals surface area contributed by atoms with Crippen molar-refractivity contribution in [2.24, 2.45) is 34.0 Å². The summed E-state index contributed by atoms with van der Waals surface area (Å²) in [5.74, 6) is 2.48. The average Bonchev–Trinajstić information content (AvgIpc) is 3.20. The molecule has 1 N–H and O–H groups in total. The molecular weight excluding hydrogens is 284 g/mol. The van der Waals surface area contributed by atoms with E-state index in [-0.39, 0.29) is 10.8 Å². The maximum Gasteiger partial charge on any atom is 0.155 e. The van der Waals surface area contributed by atoms with Crippen molar-refractivity contribution >= 4 is 5.78 Å². The van der Waals surface area contributed by atoms with Gasteiger partial charge in [0.1, 0.15) is 0 Å². The van der Waals surface area contributed by atoms with Crippen molar-refractivity contribution in [3.8, 4) is 0 Å². The van der Waals surface area contributed by atoms with Gasteiger partial charge in [0.25, 0.3) is 0 Å². The molecule has 1 spiro atoms. The van der Waals surface area contributed by atoms with Gasteiger partial charge < -0.3 is 5.11 Å². The minimum absolute atomic E-state index is 0.0815. The largest absolute Gasteiger partial charge is 0.390 e. The minimum Gasteiger partial charge on any atom is -0.390 e. The molecule has 0 heterocycles. The van der Waals surface area contributed by atoms with Crippen molar-refractivity contribution in [1.29, 1.82) is 0 Å². The van der Waals surface area contributed by atoms with Crippen molar-refractivity contribution in [3.63, 3.8) is 0 Å². The topological polar surface area (TPSA) is 37.3 Å². The van der Waals surface area contributed by atoms with E-state index in [1.165, 1.54) is 37.7 Å². The van der Waals surface area contributed by atoms with Crippen molar-refractivity contribution in [2.75, 3.05) is 0 Å². The number of fused-ring (bicyclic) bond motifs is 7. The van der Waals surface area contributed by atoms with E-state index in [9.17, 15) is 9.90 Å². The summed E-state index contributed by atoms with van der Waals surface area (Å²) >= 11 is 0. The van der Waals surface area contributed by atoms with Crippen molar-refractivity contribution in [2.45, 2.75) is 77.7 Å². The third-order valence-electron chi connectivity index (χ3n) is 9.43. The highest BCUT2D eigenvalue weighted by molar-refractivity contribution is 5.92. The lowest BCUT2D eigenvalue weighted by Gasteiger charge is -2.52. The first-order valence-corrected chi connectivity index (χ1v) is 9.73. The summed E-state index contributed by atoms with van der Waals surface area (Å²) in [7, 11) is 0. The smallest absolute Gasteiger partial charge is 0.155 e. The first-order valence-electron chi connectivity index (χ1n) is 9.73. The summed E-state index contributed by atoms with van der Waals surface area (Å²) in [6.07, 6.45) is 11.0. The monoisotopic (exact) mass is 314 g/mol. The van der Waals surface area contributed by atoms with Crippen molar-refractivity contribution < 1.29 is 9.90 Å². The number of rotatable bonds is 0. The molecule has 0 aliphatic heterocycles. The standard InChI is InChI=1S/C21H30O2/c1-18-7-4-13(22)12-16(18)21(10-11-21)17-14(18)5-8-19(2)15(17)6-9-20(19,3)23/h12,14-15,17,23H,4-11H2,1-3H3/t14-,15-,17?,18+,19-,20-/m0/s1. The van der Waals surface area contributed by atoms with Gasteiger partial charge in [-0.05, 0) is 91.9 Å². The molecule has 23 heavy (non-hydrogen) atoms. The molecule has 5 aliphatic carbocycles. The maximum absolute atomic E-state index is 12.1. The molecule has 0 bridgehead atoms. The number of carbonyl (C=O) groups excluding carboxylic acids is 1.